The summed E-state index contributed by atoms with van der Waals surface area (Å²) in [5.41, 5.74) is 3.80. The van der Waals surface area contributed by atoms with Gasteiger partial charge in [0.1, 0.15) is 5.75 Å². The van der Waals surface area contributed by atoms with Gasteiger partial charge in [-0.25, -0.2) is 0 Å². The van der Waals surface area contributed by atoms with Crippen LogP contribution in [0.1, 0.15) is 27.0 Å². The molecule has 3 rings (SSSR count). The first-order chi connectivity index (χ1) is 14.9. The van der Waals surface area contributed by atoms with Gasteiger partial charge in [-0.1, -0.05) is 48.5 Å². The number of para-hydroxylation sites is 1. The van der Waals surface area contributed by atoms with Gasteiger partial charge in [-0.3, -0.25) is 14.4 Å². The molecule has 6 heteroatoms. The van der Waals surface area contributed by atoms with Gasteiger partial charge in [0, 0.05) is 16.8 Å². The van der Waals surface area contributed by atoms with E-state index in [1.807, 2.05) is 50.2 Å². The fourth-order valence-corrected chi connectivity index (χ4v) is 3.03. The Labute approximate surface area is 181 Å². The van der Waals surface area contributed by atoms with Crippen molar-refractivity contribution in [3.05, 3.63) is 95.1 Å². The van der Waals surface area contributed by atoms with E-state index < -0.39 is 5.91 Å². The van der Waals surface area contributed by atoms with Crippen molar-refractivity contribution in [3.8, 4) is 5.75 Å². The second-order valence-electron chi connectivity index (χ2n) is 7.10. The van der Waals surface area contributed by atoms with E-state index >= 15 is 0 Å². The van der Waals surface area contributed by atoms with Crippen LogP contribution in [0.15, 0.2) is 72.8 Å². The van der Waals surface area contributed by atoms with Gasteiger partial charge in [0.05, 0.1) is 6.54 Å². The molecule has 2 amide bonds. The third kappa shape index (κ3) is 6.02. The average molecular weight is 416 g/mol. The fraction of sp³-hybridized carbons (Fsp3) is 0.160. The minimum Gasteiger partial charge on any atom is -0.484 e. The van der Waals surface area contributed by atoms with Gasteiger partial charge >= 0.3 is 0 Å². The molecule has 0 spiro atoms. The van der Waals surface area contributed by atoms with E-state index in [0.717, 1.165) is 16.8 Å². The van der Waals surface area contributed by atoms with Gasteiger partial charge in [0.15, 0.2) is 12.4 Å². The van der Waals surface area contributed by atoms with Crippen molar-refractivity contribution in [1.29, 1.82) is 0 Å². The Morgan fingerprint density at radius 3 is 2.00 bits per heavy atom. The predicted octanol–water partition coefficient (Wildman–Crippen LogP) is 3.67. The maximum atomic E-state index is 12.4. The lowest BCUT2D eigenvalue weighted by atomic mass is 10.0. The largest absolute Gasteiger partial charge is 0.484 e. The normalized spacial score (nSPS) is 10.3. The summed E-state index contributed by atoms with van der Waals surface area (Å²) in [6.45, 7) is 3.44. The van der Waals surface area contributed by atoms with Gasteiger partial charge in [0.25, 0.3) is 5.91 Å². The number of ether oxygens (including phenoxy) is 1. The molecule has 0 atom stereocenters. The fourth-order valence-electron chi connectivity index (χ4n) is 3.03. The maximum absolute atomic E-state index is 12.4. The summed E-state index contributed by atoms with van der Waals surface area (Å²) in [5, 5.41) is 5.34. The van der Waals surface area contributed by atoms with E-state index in [4.69, 9.17) is 4.74 Å². The van der Waals surface area contributed by atoms with Crippen LogP contribution in [0, 0.1) is 13.8 Å². The standard InChI is InChI=1S/C25H24N2O4/c1-17-7-6-8-18(2)24(17)27-22(28)15-26-23(29)16-31-21-13-11-20(12-14-21)25(30)19-9-4-3-5-10-19/h3-14H,15-16H2,1-2H3,(H,26,29)(H,27,28). The quantitative estimate of drug-likeness (QED) is 0.549. The molecule has 0 aliphatic heterocycles. The summed E-state index contributed by atoms with van der Waals surface area (Å²) in [4.78, 5) is 36.5. The molecule has 2 N–H and O–H groups in total. The lowest BCUT2D eigenvalue weighted by Crippen LogP contribution is -2.36. The molecule has 0 heterocycles. The Morgan fingerprint density at radius 1 is 0.742 bits per heavy atom. The minimum atomic E-state index is -0.416. The molecular weight excluding hydrogens is 392 g/mol. The first-order valence-corrected chi connectivity index (χ1v) is 9.89. The highest BCUT2D eigenvalue weighted by Gasteiger charge is 2.11. The van der Waals surface area contributed by atoms with Crippen molar-refractivity contribution < 1.29 is 19.1 Å². The van der Waals surface area contributed by atoms with Crippen LogP contribution >= 0.6 is 0 Å². The third-order valence-electron chi connectivity index (χ3n) is 4.71. The van der Waals surface area contributed by atoms with E-state index in [1.165, 1.54) is 0 Å². The molecule has 158 valence electrons. The summed E-state index contributed by atoms with van der Waals surface area (Å²) in [6, 6.07) is 21.3. The molecule has 0 aliphatic carbocycles. The third-order valence-corrected chi connectivity index (χ3v) is 4.71. The average Bonchev–Trinajstić information content (AvgIpc) is 2.79. The first kappa shape index (κ1) is 21.8. The number of amides is 2. The monoisotopic (exact) mass is 416 g/mol. The molecule has 6 nitrogen and oxygen atoms in total. The number of aryl methyl sites for hydroxylation is 2. The molecule has 0 aliphatic rings. The lowest BCUT2D eigenvalue weighted by molar-refractivity contribution is -0.125. The number of carbonyl (C=O) groups is 3. The minimum absolute atomic E-state index is 0.0835. The molecule has 0 unspecified atom stereocenters. The summed E-state index contributed by atoms with van der Waals surface area (Å²) in [5.74, 6) is -0.352. The highest BCUT2D eigenvalue weighted by Crippen LogP contribution is 2.19. The molecule has 0 radical (unpaired) electrons. The molecule has 0 saturated carbocycles. The number of rotatable bonds is 8. The van der Waals surface area contributed by atoms with Crippen molar-refractivity contribution in [1.82, 2.24) is 5.32 Å². The molecule has 0 saturated heterocycles. The van der Waals surface area contributed by atoms with Crippen molar-refractivity contribution in [2.75, 3.05) is 18.5 Å². The smallest absolute Gasteiger partial charge is 0.258 e. The van der Waals surface area contributed by atoms with Crippen molar-refractivity contribution in [2.24, 2.45) is 0 Å². The highest BCUT2D eigenvalue weighted by atomic mass is 16.5. The van der Waals surface area contributed by atoms with E-state index in [9.17, 15) is 14.4 Å². The van der Waals surface area contributed by atoms with Crippen LogP contribution in [0.5, 0.6) is 5.75 Å². The van der Waals surface area contributed by atoms with Crippen molar-refractivity contribution in [3.63, 3.8) is 0 Å². The van der Waals surface area contributed by atoms with Gasteiger partial charge in [-0.05, 0) is 49.2 Å². The molecule has 0 aromatic heterocycles. The maximum Gasteiger partial charge on any atom is 0.258 e. The SMILES string of the molecule is Cc1cccc(C)c1NC(=O)CNC(=O)COc1ccc(C(=O)c2ccccc2)cc1. The van der Waals surface area contributed by atoms with Crippen molar-refractivity contribution >= 4 is 23.3 Å². The number of hydrogen-bond donors (Lipinski definition) is 2. The van der Waals surface area contributed by atoms with Crippen LogP contribution in [0.4, 0.5) is 5.69 Å². The van der Waals surface area contributed by atoms with Crippen LogP contribution in [0.3, 0.4) is 0 Å². The zero-order valence-electron chi connectivity index (χ0n) is 17.5. The number of anilines is 1. The second kappa shape index (κ2) is 10.2. The Balaban J connectivity index is 1.45. The predicted molar refractivity (Wildman–Crippen MR) is 119 cm³/mol. The first-order valence-electron chi connectivity index (χ1n) is 9.89. The van der Waals surface area contributed by atoms with E-state index in [0.29, 0.717) is 16.9 Å². The van der Waals surface area contributed by atoms with Crippen LogP contribution in [0.2, 0.25) is 0 Å². The van der Waals surface area contributed by atoms with E-state index in [-0.39, 0.29) is 24.8 Å². The van der Waals surface area contributed by atoms with Gasteiger partial charge in [-0.15, -0.1) is 0 Å². The Morgan fingerprint density at radius 2 is 1.35 bits per heavy atom. The zero-order valence-corrected chi connectivity index (χ0v) is 17.5. The summed E-state index contributed by atoms with van der Waals surface area (Å²) in [6.07, 6.45) is 0. The van der Waals surface area contributed by atoms with E-state index in [2.05, 4.69) is 10.6 Å². The van der Waals surface area contributed by atoms with Crippen LogP contribution < -0.4 is 15.4 Å². The topological polar surface area (TPSA) is 84.5 Å². The molecule has 31 heavy (non-hydrogen) atoms. The molecule has 3 aromatic carbocycles. The Bertz CT molecular complexity index is 1060. The highest BCUT2D eigenvalue weighted by molar-refractivity contribution is 6.09. The van der Waals surface area contributed by atoms with Crippen LogP contribution in [0.25, 0.3) is 0 Å². The molecular formula is C25H24N2O4. The number of nitrogens with one attached hydrogen (secondary N) is 2. The molecule has 0 bridgehead atoms. The second-order valence-corrected chi connectivity index (χ2v) is 7.10. The number of ketones is 1. The lowest BCUT2D eigenvalue weighted by Gasteiger charge is -2.12. The zero-order chi connectivity index (χ0) is 22.2. The summed E-state index contributed by atoms with van der Waals surface area (Å²) >= 11 is 0. The van der Waals surface area contributed by atoms with Gasteiger partial charge in [0.2, 0.25) is 5.91 Å². The Kier molecular flexibility index (Phi) is 7.17. The number of carbonyl (C=O) groups excluding carboxylic acids is 3. The van der Waals surface area contributed by atoms with Crippen LogP contribution in [-0.4, -0.2) is 30.7 Å². The van der Waals surface area contributed by atoms with E-state index in [1.54, 1.807) is 36.4 Å². The molecule has 0 fully saturated rings. The van der Waals surface area contributed by atoms with Gasteiger partial charge < -0.3 is 15.4 Å². The molecule has 3 aromatic rings. The number of benzene rings is 3. The van der Waals surface area contributed by atoms with Crippen molar-refractivity contribution in [2.45, 2.75) is 13.8 Å². The number of hydrogen-bond acceptors (Lipinski definition) is 4. The summed E-state index contributed by atoms with van der Waals surface area (Å²) < 4.78 is 5.44. The van der Waals surface area contributed by atoms with Gasteiger partial charge in [-0.2, -0.15) is 0 Å². The summed E-state index contributed by atoms with van der Waals surface area (Å²) in [7, 11) is 0. The Hall–Kier alpha value is -3.93. The van der Waals surface area contributed by atoms with Crippen LogP contribution in [-0.2, 0) is 9.59 Å².